The fourth-order valence-corrected chi connectivity index (χ4v) is 3.11. The highest BCUT2D eigenvalue weighted by molar-refractivity contribution is 5.94. The fraction of sp³-hybridized carbons (Fsp3) is 0.524. The lowest BCUT2D eigenvalue weighted by Gasteiger charge is -2.26. The number of allylic oxidation sites excluding steroid dienone is 2. The van der Waals surface area contributed by atoms with E-state index in [1.807, 2.05) is 37.3 Å². The van der Waals surface area contributed by atoms with Crippen LogP contribution < -0.4 is 0 Å². The van der Waals surface area contributed by atoms with Crippen molar-refractivity contribution < 1.29 is 14.3 Å². The van der Waals surface area contributed by atoms with Crippen LogP contribution in [-0.4, -0.2) is 29.5 Å². The Balaban J connectivity index is 2.01. The standard InChI is InChI=1S/C21H29NO3/c1-15(2)9-8-10-16(3)17(4)20(23)22-19(14-25-21(22)24)13-18-11-6-5-7-12-18/h5-7,9,11-12,16-17,19H,8,10,13-14H2,1-4H3/t16-,17+,19+/m0/s1. The Morgan fingerprint density at radius 2 is 1.96 bits per heavy atom. The molecule has 0 saturated carbocycles. The van der Waals surface area contributed by atoms with Crippen LogP contribution in [0.4, 0.5) is 4.79 Å². The molecule has 25 heavy (non-hydrogen) atoms. The molecule has 0 aliphatic carbocycles. The Labute approximate surface area is 150 Å². The van der Waals surface area contributed by atoms with Gasteiger partial charge in [-0.15, -0.1) is 0 Å². The van der Waals surface area contributed by atoms with E-state index >= 15 is 0 Å². The molecule has 136 valence electrons. The van der Waals surface area contributed by atoms with E-state index in [1.54, 1.807) is 0 Å². The quantitative estimate of drug-likeness (QED) is 0.680. The van der Waals surface area contributed by atoms with Gasteiger partial charge in [0.1, 0.15) is 6.61 Å². The highest BCUT2D eigenvalue weighted by Crippen LogP contribution is 2.25. The van der Waals surface area contributed by atoms with Crippen molar-refractivity contribution in [2.45, 2.75) is 53.0 Å². The minimum atomic E-state index is -0.505. The van der Waals surface area contributed by atoms with Gasteiger partial charge < -0.3 is 4.74 Å². The number of amides is 2. The molecule has 2 amide bonds. The van der Waals surface area contributed by atoms with E-state index in [0.717, 1.165) is 18.4 Å². The summed E-state index contributed by atoms with van der Waals surface area (Å²) >= 11 is 0. The molecule has 3 atom stereocenters. The van der Waals surface area contributed by atoms with Crippen LogP contribution in [0.1, 0.15) is 46.1 Å². The predicted molar refractivity (Wildman–Crippen MR) is 99.1 cm³/mol. The molecule has 0 bridgehead atoms. The van der Waals surface area contributed by atoms with Gasteiger partial charge in [-0.25, -0.2) is 9.69 Å². The first-order valence-electron chi connectivity index (χ1n) is 9.07. The largest absolute Gasteiger partial charge is 0.447 e. The lowest BCUT2D eigenvalue weighted by Crippen LogP contribution is -2.44. The van der Waals surface area contributed by atoms with Gasteiger partial charge >= 0.3 is 6.09 Å². The molecule has 1 saturated heterocycles. The molecule has 1 heterocycles. The van der Waals surface area contributed by atoms with Gasteiger partial charge in [0.25, 0.3) is 0 Å². The first-order valence-corrected chi connectivity index (χ1v) is 9.07. The van der Waals surface area contributed by atoms with Gasteiger partial charge in [-0.1, -0.05) is 55.8 Å². The molecule has 0 unspecified atom stereocenters. The van der Waals surface area contributed by atoms with E-state index < -0.39 is 6.09 Å². The van der Waals surface area contributed by atoms with E-state index in [4.69, 9.17) is 4.74 Å². The summed E-state index contributed by atoms with van der Waals surface area (Å²) in [5, 5.41) is 0. The van der Waals surface area contributed by atoms with Crippen LogP contribution in [0, 0.1) is 11.8 Å². The Morgan fingerprint density at radius 3 is 2.60 bits per heavy atom. The Kier molecular flexibility index (Phi) is 6.80. The first kappa shape index (κ1) is 19.2. The molecule has 0 N–H and O–H groups in total. The molecular formula is C21H29NO3. The smallest absolute Gasteiger partial charge is 0.416 e. The third-order valence-corrected chi connectivity index (χ3v) is 4.93. The Morgan fingerprint density at radius 1 is 1.28 bits per heavy atom. The number of rotatable bonds is 7. The minimum Gasteiger partial charge on any atom is -0.447 e. The third-order valence-electron chi connectivity index (χ3n) is 4.93. The van der Waals surface area contributed by atoms with Gasteiger partial charge in [-0.3, -0.25) is 4.79 Å². The SMILES string of the molecule is CC(C)=CCC[C@H](C)[C@@H](C)C(=O)N1C(=O)OC[C@H]1Cc1ccccc1. The highest BCUT2D eigenvalue weighted by atomic mass is 16.6. The van der Waals surface area contributed by atoms with Crippen LogP contribution in [0.15, 0.2) is 42.0 Å². The van der Waals surface area contributed by atoms with Gasteiger partial charge in [0.2, 0.25) is 5.91 Å². The molecule has 0 spiro atoms. The maximum Gasteiger partial charge on any atom is 0.416 e. The van der Waals surface area contributed by atoms with Crippen LogP contribution in [0.5, 0.6) is 0 Å². The summed E-state index contributed by atoms with van der Waals surface area (Å²) in [6.45, 7) is 8.43. The summed E-state index contributed by atoms with van der Waals surface area (Å²) in [5.74, 6) is -0.100. The van der Waals surface area contributed by atoms with Gasteiger partial charge in [0.15, 0.2) is 0 Å². The molecule has 0 aromatic heterocycles. The average Bonchev–Trinajstić information content (AvgIpc) is 2.94. The molecule has 4 nitrogen and oxygen atoms in total. The van der Waals surface area contributed by atoms with E-state index in [9.17, 15) is 9.59 Å². The summed E-state index contributed by atoms with van der Waals surface area (Å²) in [4.78, 5) is 26.4. The number of carbonyl (C=O) groups is 2. The average molecular weight is 343 g/mol. The van der Waals surface area contributed by atoms with E-state index in [-0.39, 0.29) is 30.4 Å². The van der Waals surface area contributed by atoms with Crippen LogP contribution >= 0.6 is 0 Å². The van der Waals surface area contributed by atoms with Crippen molar-refractivity contribution in [3.63, 3.8) is 0 Å². The number of ether oxygens (including phenoxy) is 1. The Hall–Kier alpha value is -2.10. The van der Waals surface area contributed by atoms with Crippen LogP contribution in [-0.2, 0) is 16.0 Å². The van der Waals surface area contributed by atoms with Crippen molar-refractivity contribution in [1.29, 1.82) is 0 Å². The predicted octanol–water partition coefficient (Wildman–Crippen LogP) is 4.60. The number of hydrogen-bond acceptors (Lipinski definition) is 3. The summed E-state index contributed by atoms with van der Waals surface area (Å²) in [6, 6.07) is 9.70. The maximum absolute atomic E-state index is 12.9. The van der Waals surface area contributed by atoms with Crippen molar-refractivity contribution in [2.24, 2.45) is 11.8 Å². The first-order chi connectivity index (χ1) is 11.9. The van der Waals surface area contributed by atoms with Crippen LogP contribution in [0.25, 0.3) is 0 Å². The van der Waals surface area contributed by atoms with Crippen molar-refractivity contribution in [3.05, 3.63) is 47.5 Å². The topological polar surface area (TPSA) is 46.6 Å². The number of hydrogen-bond donors (Lipinski definition) is 0. The monoisotopic (exact) mass is 343 g/mol. The maximum atomic E-state index is 12.9. The number of nitrogens with zero attached hydrogens (tertiary/aromatic N) is 1. The van der Waals surface area contributed by atoms with Gasteiger partial charge in [0, 0.05) is 5.92 Å². The summed E-state index contributed by atoms with van der Waals surface area (Å²) in [6.07, 6.45) is 4.21. The second-order valence-electron chi connectivity index (χ2n) is 7.25. The van der Waals surface area contributed by atoms with Crippen molar-refractivity contribution in [1.82, 2.24) is 4.90 Å². The number of benzene rings is 1. The Bertz CT molecular complexity index is 619. The molecule has 1 aromatic carbocycles. The molecule has 2 rings (SSSR count). The van der Waals surface area contributed by atoms with Crippen molar-refractivity contribution >= 4 is 12.0 Å². The normalized spacial score (nSPS) is 19.3. The number of cyclic esters (lactones) is 1. The zero-order valence-electron chi connectivity index (χ0n) is 15.7. The molecule has 1 aliphatic rings. The van der Waals surface area contributed by atoms with Gasteiger partial charge in [-0.2, -0.15) is 0 Å². The third kappa shape index (κ3) is 5.18. The van der Waals surface area contributed by atoms with Crippen LogP contribution in [0.2, 0.25) is 0 Å². The summed E-state index contributed by atoms with van der Waals surface area (Å²) < 4.78 is 5.17. The van der Waals surface area contributed by atoms with E-state index in [0.29, 0.717) is 6.42 Å². The second kappa shape index (κ2) is 8.84. The summed E-state index contributed by atoms with van der Waals surface area (Å²) in [5.41, 5.74) is 2.39. The van der Waals surface area contributed by atoms with Gasteiger partial charge in [-0.05, 0) is 44.6 Å². The lowest BCUT2D eigenvalue weighted by atomic mass is 9.89. The highest BCUT2D eigenvalue weighted by Gasteiger charge is 2.40. The second-order valence-corrected chi connectivity index (χ2v) is 7.25. The lowest BCUT2D eigenvalue weighted by molar-refractivity contribution is -0.134. The van der Waals surface area contributed by atoms with Crippen molar-refractivity contribution in [2.75, 3.05) is 6.61 Å². The van der Waals surface area contributed by atoms with Crippen molar-refractivity contribution in [3.8, 4) is 0 Å². The molecule has 4 heteroatoms. The number of carbonyl (C=O) groups excluding carboxylic acids is 2. The molecule has 1 fully saturated rings. The van der Waals surface area contributed by atoms with E-state index in [1.165, 1.54) is 10.5 Å². The molecule has 1 aromatic rings. The molecular weight excluding hydrogens is 314 g/mol. The minimum absolute atomic E-state index is 0.117. The van der Waals surface area contributed by atoms with Crippen LogP contribution in [0.3, 0.4) is 0 Å². The number of imide groups is 1. The molecule has 1 aliphatic heterocycles. The zero-order valence-corrected chi connectivity index (χ0v) is 15.7. The molecule has 0 radical (unpaired) electrons. The fourth-order valence-electron chi connectivity index (χ4n) is 3.11. The summed E-state index contributed by atoms with van der Waals surface area (Å²) in [7, 11) is 0. The zero-order chi connectivity index (χ0) is 18.4. The van der Waals surface area contributed by atoms with E-state index in [2.05, 4.69) is 26.8 Å². The van der Waals surface area contributed by atoms with Gasteiger partial charge in [0.05, 0.1) is 6.04 Å².